The van der Waals surface area contributed by atoms with E-state index in [1.165, 1.54) is 25.9 Å². The minimum Gasteiger partial charge on any atom is -0.496 e. The molecule has 1 unspecified atom stereocenters. The van der Waals surface area contributed by atoms with Crippen molar-refractivity contribution in [2.45, 2.75) is 18.9 Å². The first-order valence-electron chi connectivity index (χ1n) is 7.85. The van der Waals surface area contributed by atoms with Crippen LogP contribution in [0.5, 0.6) is 5.75 Å². The minimum atomic E-state index is -0.00239. The number of likely N-dealkylation sites (N-methyl/N-ethyl adjacent to an activating group) is 1. The van der Waals surface area contributed by atoms with Gasteiger partial charge < -0.3 is 20.3 Å². The molecule has 21 heavy (non-hydrogen) atoms. The van der Waals surface area contributed by atoms with Crippen LogP contribution in [0.15, 0.2) is 24.3 Å². The van der Waals surface area contributed by atoms with Gasteiger partial charge in [0.05, 0.1) is 7.11 Å². The molecule has 1 fully saturated rings. The van der Waals surface area contributed by atoms with Gasteiger partial charge in [-0.05, 0) is 52.0 Å². The molecule has 4 heteroatoms. The van der Waals surface area contributed by atoms with Crippen LogP contribution in [0.25, 0.3) is 0 Å². The van der Waals surface area contributed by atoms with E-state index in [9.17, 15) is 0 Å². The molecule has 1 aromatic carbocycles. The molecule has 2 rings (SSSR count). The summed E-state index contributed by atoms with van der Waals surface area (Å²) in [5.41, 5.74) is 7.46. The molecule has 1 aliphatic heterocycles. The van der Waals surface area contributed by atoms with Crippen LogP contribution in [0.2, 0.25) is 0 Å². The normalized spacial score (nSPS) is 18.9. The summed E-state index contributed by atoms with van der Waals surface area (Å²) in [7, 11) is 6.08. The number of nitrogens with two attached hydrogens (primary N) is 1. The molecule has 1 atom stereocenters. The van der Waals surface area contributed by atoms with Crippen molar-refractivity contribution in [2.75, 3.05) is 47.4 Å². The van der Waals surface area contributed by atoms with Crippen molar-refractivity contribution in [3.8, 4) is 5.75 Å². The van der Waals surface area contributed by atoms with Gasteiger partial charge in [-0.15, -0.1) is 0 Å². The smallest absolute Gasteiger partial charge is 0.123 e. The second kappa shape index (κ2) is 7.78. The van der Waals surface area contributed by atoms with E-state index in [1.54, 1.807) is 7.11 Å². The maximum Gasteiger partial charge on any atom is 0.123 e. The Kier molecular flexibility index (Phi) is 6.03. The zero-order chi connectivity index (χ0) is 15.2. The van der Waals surface area contributed by atoms with Crippen LogP contribution < -0.4 is 10.5 Å². The van der Waals surface area contributed by atoms with Gasteiger partial charge in [0.25, 0.3) is 0 Å². The third kappa shape index (κ3) is 4.70. The van der Waals surface area contributed by atoms with Gasteiger partial charge in [0, 0.05) is 24.7 Å². The second-order valence-corrected chi connectivity index (χ2v) is 6.32. The summed E-state index contributed by atoms with van der Waals surface area (Å²) in [6.45, 7) is 4.44. The quantitative estimate of drug-likeness (QED) is 0.870. The second-order valence-electron chi connectivity index (χ2n) is 6.32. The Labute approximate surface area is 128 Å². The molecule has 0 aromatic heterocycles. The number of likely N-dealkylation sites (tertiary alicyclic amines) is 1. The third-order valence-electron chi connectivity index (χ3n) is 4.45. The highest BCUT2D eigenvalue weighted by molar-refractivity contribution is 5.35. The van der Waals surface area contributed by atoms with E-state index >= 15 is 0 Å². The molecule has 1 saturated heterocycles. The summed E-state index contributed by atoms with van der Waals surface area (Å²) in [6.07, 6.45) is 2.59. The first kappa shape index (κ1) is 16.3. The summed E-state index contributed by atoms with van der Waals surface area (Å²) in [5, 5.41) is 0. The highest BCUT2D eigenvalue weighted by atomic mass is 16.5. The molecule has 0 saturated carbocycles. The van der Waals surface area contributed by atoms with E-state index in [4.69, 9.17) is 10.5 Å². The van der Waals surface area contributed by atoms with Crippen LogP contribution in [0.3, 0.4) is 0 Å². The molecule has 1 heterocycles. The minimum absolute atomic E-state index is 0.00239. The number of benzene rings is 1. The predicted octanol–water partition coefficient (Wildman–Crippen LogP) is 1.97. The molecule has 118 valence electrons. The molecule has 1 aliphatic rings. The maximum atomic E-state index is 6.37. The zero-order valence-corrected chi connectivity index (χ0v) is 13.6. The molecule has 2 N–H and O–H groups in total. The van der Waals surface area contributed by atoms with Crippen LogP contribution in [-0.2, 0) is 0 Å². The Morgan fingerprint density at radius 2 is 2.00 bits per heavy atom. The van der Waals surface area contributed by atoms with Crippen molar-refractivity contribution in [1.82, 2.24) is 9.80 Å². The fraction of sp³-hybridized carbons (Fsp3) is 0.647. The molecule has 4 nitrogen and oxygen atoms in total. The van der Waals surface area contributed by atoms with Crippen LogP contribution in [0, 0.1) is 5.92 Å². The van der Waals surface area contributed by atoms with Crippen LogP contribution in [0.4, 0.5) is 0 Å². The first-order chi connectivity index (χ1) is 10.1. The Bertz CT molecular complexity index is 430. The Balaban J connectivity index is 1.85. The summed E-state index contributed by atoms with van der Waals surface area (Å²) < 4.78 is 5.41. The van der Waals surface area contributed by atoms with Gasteiger partial charge in [-0.1, -0.05) is 18.2 Å². The molecule has 0 bridgehead atoms. The van der Waals surface area contributed by atoms with Gasteiger partial charge in [-0.2, -0.15) is 0 Å². The molecule has 0 aliphatic carbocycles. The SMILES string of the molecule is COc1ccccc1C(N)CN(C)CC1CCN(C)CC1. The van der Waals surface area contributed by atoms with Crippen molar-refractivity contribution >= 4 is 0 Å². The number of piperidine rings is 1. The van der Waals surface area contributed by atoms with Crippen LogP contribution >= 0.6 is 0 Å². The first-order valence-corrected chi connectivity index (χ1v) is 7.85. The maximum absolute atomic E-state index is 6.37. The number of para-hydroxylation sites is 1. The highest BCUT2D eigenvalue weighted by Crippen LogP contribution is 2.24. The summed E-state index contributed by atoms with van der Waals surface area (Å²) in [4.78, 5) is 4.78. The van der Waals surface area contributed by atoms with E-state index in [0.29, 0.717) is 0 Å². The monoisotopic (exact) mass is 291 g/mol. The van der Waals surface area contributed by atoms with Crippen molar-refractivity contribution in [3.63, 3.8) is 0 Å². The molecular formula is C17H29N3O. The van der Waals surface area contributed by atoms with Gasteiger partial charge in [-0.25, -0.2) is 0 Å². The number of ether oxygens (including phenoxy) is 1. The average Bonchev–Trinajstić information content (AvgIpc) is 2.49. The summed E-state index contributed by atoms with van der Waals surface area (Å²) >= 11 is 0. The predicted molar refractivity (Wildman–Crippen MR) is 87.6 cm³/mol. The number of hydrogen-bond acceptors (Lipinski definition) is 4. The molecule has 1 aromatic rings. The fourth-order valence-corrected chi connectivity index (χ4v) is 3.17. The number of hydrogen-bond donors (Lipinski definition) is 1. The molecular weight excluding hydrogens is 262 g/mol. The molecule has 0 radical (unpaired) electrons. The van der Waals surface area contributed by atoms with E-state index in [2.05, 4.69) is 30.0 Å². The van der Waals surface area contributed by atoms with Crippen LogP contribution in [-0.4, -0.2) is 57.2 Å². The lowest BCUT2D eigenvalue weighted by atomic mass is 9.96. The summed E-state index contributed by atoms with van der Waals surface area (Å²) in [6, 6.07) is 8.04. The molecule has 0 amide bonds. The Hall–Kier alpha value is -1.10. The van der Waals surface area contributed by atoms with Crippen molar-refractivity contribution in [2.24, 2.45) is 11.7 Å². The fourth-order valence-electron chi connectivity index (χ4n) is 3.17. The van der Waals surface area contributed by atoms with Gasteiger partial charge in [-0.3, -0.25) is 0 Å². The third-order valence-corrected chi connectivity index (χ3v) is 4.45. The van der Waals surface area contributed by atoms with Crippen molar-refractivity contribution in [1.29, 1.82) is 0 Å². The van der Waals surface area contributed by atoms with Gasteiger partial charge >= 0.3 is 0 Å². The van der Waals surface area contributed by atoms with Crippen LogP contribution in [0.1, 0.15) is 24.4 Å². The lowest BCUT2D eigenvalue weighted by molar-refractivity contribution is 0.172. The Morgan fingerprint density at radius 1 is 1.33 bits per heavy atom. The van der Waals surface area contributed by atoms with E-state index in [0.717, 1.165) is 30.3 Å². The zero-order valence-electron chi connectivity index (χ0n) is 13.6. The number of methoxy groups -OCH3 is 1. The number of nitrogens with zero attached hydrogens (tertiary/aromatic N) is 2. The lowest BCUT2D eigenvalue weighted by Crippen LogP contribution is -2.38. The van der Waals surface area contributed by atoms with Crippen molar-refractivity contribution in [3.05, 3.63) is 29.8 Å². The van der Waals surface area contributed by atoms with Gasteiger partial charge in [0.1, 0.15) is 5.75 Å². The Morgan fingerprint density at radius 3 is 2.67 bits per heavy atom. The van der Waals surface area contributed by atoms with E-state index < -0.39 is 0 Å². The highest BCUT2D eigenvalue weighted by Gasteiger charge is 2.20. The standard InChI is InChI=1S/C17H29N3O/c1-19-10-8-14(9-11-19)12-20(2)13-16(18)15-6-4-5-7-17(15)21-3/h4-7,14,16H,8-13,18H2,1-3H3. The largest absolute Gasteiger partial charge is 0.496 e. The van der Waals surface area contributed by atoms with E-state index in [1.807, 2.05) is 18.2 Å². The van der Waals surface area contributed by atoms with E-state index in [-0.39, 0.29) is 6.04 Å². The topological polar surface area (TPSA) is 41.7 Å². The number of rotatable bonds is 6. The lowest BCUT2D eigenvalue weighted by Gasteiger charge is -2.32. The molecule has 0 spiro atoms. The van der Waals surface area contributed by atoms with Gasteiger partial charge in [0.2, 0.25) is 0 Å². The van der Waals surface area contributed by atoms with Gasteiger partial charge in [0.15, 0.2) is 0 Å². The summed E-state index contributed by atoms with van der Waals surface area (Å²) in [5.74, 6) is 1.69. The van der Waals surface area contributed by atoms with Crippen molar-refractivity contribution < 1.29 is 4.74 Å². The average molecular weight is 291 g/mol.